The zero-order valence-corrected chi connectivity index (χ0v) is 15.6. The van der Waals surface area contributed by atoms with Crippen LogP contribution in [0.25, 0.3) is 0 Å². The highest BCUT2D eigenvalue weighted by atomic mass is 16.2. The Morgan fingerprint density at radius 1 is 1.00 bits per heavy atom. The van der Waals surface area contributed by atoms with Crippen molar-refractivity contribution in [3.8, 4) is 0 Å². The van der Waals surface area contributed by atoms with Crippen LogP contribution < -0.4 is 5.32 Å². The van der Waals surface area contributed by atoms with Gasteiger partial charge in [-0.25, -0.2) is 0 Å². The fourth-order valence-electron chi connectivity index (χ4n) is 5.04. The van der Waals surface area contributed by atoms with Crippen molar-refractivity contribution in [1.82, 2.24) is 0 Å². The largest absolute Gasteiger partial charge is 0.355 e. The second-order valence-electron chi connectivity index (χ2n) is 8.44. The molecule has 134 valence electrons. The molecule has 0 radical (unpaired) electrons. The van der Waals surface area contributed by atoms with Crippen LogP contribution in [0.3, 0.4) is 0 Å². The third-order valence-corrected chi connectivity index (χ3v) is 7.06. The van der Waals surface area contributed by atoms with E-state index >= 15 is 0 Å². The number of benzene rings is 2. The number of carbonyl (C=O) groups excluding carboxylic acids is 2. The summed E-state index contributed by atoms with van der Waals surface area (Å²) < 4.78 is 0. The first kappa shape index (κ1) is 17.0. The molecule has 1 N–H and O–H groups in total. The summed E-state index contributed by atoms with van der Waals surface area (Å²) >= 11 is 0. The van der Waals surface area contributed by atoms with E-state index in [2.05, 4.69) is 26.1 Å². The molecule has 2 aromatic carbocycles. The topological polar surface area (TPSA) is 46.2 Å². The molecule has 2 bridgehead atoms. The standard InChI is InChI=1S/C23H25NO2/c1-22(2)17-13-14-23(22,3)21(26)19(17)20(25)16-11-7-8-12-18(16)24-15-9-5-4-6-10-15/h4-12,17,19,24H,13-14H2,1-3H3. The first-order chi connectivity index (χ1) is 12.4. The summed E-state index contributed by atoms with van der Waals surface area (Å²) in [5.41, 5.74) is 1.81. The predicted molar refractivity (Wildman–Crippen MR) is 104 cm³/mol. The number of rotatable bonds is 4. The Morgan fingerprint density at radius 2 is 1.65 bits per heavy atom. The van der Waals surface area contributed by atoms with Crippen molar-refractivity contribution in [2.24, 2.45) is 22.7 Å². The molecule has 3 heteroatoms. The number of fused-ring (bicyclic) bond motifs is 2. The Labute approximate surface area is 154 Å². The summed E-state index contributed by atoms with van der Waals surface area (Å²) in [6, 6.07) is 17.3. The van der Waals surface area contributed by atoms with Gasteiger partial charge in [0.2, 0.25) is 0 Å². The van der Waals surface area contributed by atoms with Gasteiger partial charge in [-0.15, -0.1) is 0 Å². The van der Waals surface area contributed by atoms with Crippen LogP contribution in [-0.2, 0) is 4.79 Å². The number of carbonyl (C=O) groups is 2. The fraction of sp³-hybridized carbons (Fsp3) is 0.391. The monoisotopic (exact) mass is 347 g/mol. The molecule has 0 aliphatic heterocycles. The van der Waals surface area contributed by atoms with E-state index in [1.165, 1.54) is 0 Å². The smallest absolute Gasteiger partial charge is 0.175 e. The van der Waals surface area contributed by atoms with Gasteiger partial charge in [0, 0.05) is 22.4 Å². The van der Waals surface area contributed by atoms with E-state index in [1.807, 2.05) is 54.6 Å². The second-order valence-corrected chi connectivity index (χ2v) is 8.44. The number of Topliss-reactive ketones (excluding diaryl/α,β-unsaturated/α-hetero) is 2. The third kappa shape index (κ3) is 2.26. The van der Waals surface area contributed by atoms with Gasteiger partial charge in [0.15, 0.2) is 5.78 Å². The first-order valence-electron chi connectivity index (χ1n) is 9.36. The van der Waals surface area contributed by atoms with Crippen molar-refractivity contribution in [3.63, 3.8) is 0 Å². The van der Waals surface area contributed by atoms with Crippen LogP contribution in [0, 0.1) is 22.7 Å². The van der Waals surface area contributed by atoms with Gasteiger partial charge in [-0.05, 0) is 48.4 Å². The lowest BCUT2D eigenvalue weighted by molar-refractivity contribution is -0.130. The molecule has 0 amide bonds. The summed E-state index contributed by atoms with van der Waals surface area (Å²) in [6.45, 7) is 6.37. The zero-order chi connectivity index (χ0) is 18.5. The minimum Gasteiger partial charge on any atom is -0.355 e. The van der Waals surface area contributed by atoms with Crippen molar-refractivity contribution >= 4 is 22.9 Å². The Morgan fingerprint density at radius 3 is 2.31 bits per heavy atom. The number of anilines is 2. The molecule has 2 aliphatic rings. The Bertz CT molecular complexity index is 871. The molecule has 3 atom stereocenters. The number of hydrogen-bond donors (Lipinski definition) is 1. The molecule has 0 saturated heterocycles. The minimum atomic E-state index is -0.512. The van der Waals surface area contributed by atoms with Gasteiger partial charge in [-0.1, -0.05) is 51.1 Å². The maximum Gasteiger partial charge on any atom is 0.175 e. The number of nitrogens with one attached hydrogen (secondary N) is 1. The summed E-state index contributed by atoms with van der Waals surface area (Å²) in [7, 11) is 0. The molecule has 3 nitrogen and oxygen atoms in total. The number of para-hydroxylation sites is 2. The number of ketones is 2. The van der Waals surface area contributed by atoms with E-state index in [0.717, 1.165) is 24.2 Å². The van der Waals surface area contributed by atoms with Crippen molar-refractivity contribution in [2.45, 2.75) is 33.6 Å². The van der Waals surface area contributed by atoms with Crippen molar-refractivity contribution in [3.05, 3.63) is 60.2 Å². The average molecular weight is 347 g/mol. The molecule has 0 heterocycles. The Kier molecular flexibility index (Phi) is 3.80. The normalized spacial score (nSPS) is 29.0. The third-order valence-electron chi connectivity index (χ3n) is 7.06. The molecular weight excluding hydrogens is 322 g/mol. The Hall–Kier alpha value is -2.42. The molecule has 0 spiro atoms. The second kappa shape index (κ2) is 5.80. The molecule has 0 aromatic heterocycles. The summed E-state index contributed by atoms with van der Waals surface area (Å²) in [5.74, 6) is -0.270. The number of hydrogen-bond acceptors (Lipinski definition) is 3. The van der Waals surface area contributed by atoms with Gasteiger partial charge < -0.3 is 5.32 Å². The van der Waals surface area contributed by atoms with Crippen LogP contribution in [0.15, 0.2) is 54.6 Å². The van der Waals surface area contributed by atoms with Gasteiger partial charge in [0.25, 0.3) is 0 Å². The quantitative estimate of drug-likeness (QED) is 0.606. The lowest BCUT2D eigenvalue weighted by Crippen LogP contribution is -2.35. The highest BCUT2D eigenvalue weighted by molar-refractivity contribution is 6.16. The van der Waals surface area contributed by atoms with Crippen molar-refractivity contribution in [1.29, 1.82) is 0 Å². The minimum absolute atomic E-state index is 0.0319. The Balaban J connectivity index is 1.69. The van der Waals surface area contributed by atoms with E-state index in [0.29, 0.717) is 5.56 Å². The van der Waals surface area contributed by atoms with Gasteiger partial charge in [-0.2, -0.15) is 0 Å². The average Bonchev–Trinajstić information content (AvgIpc) is 2.95. The molecule has 2 aromatic rings. The van der Waals surface area contributed by atoms with Crippen LogP contribution in [0.5, 0.6) is 0 Å². The van der Waals surface area contributed by atoms with E-state index in [4.69, 9.17) is 0 Å². The zero-order valence-electron chi connectivity index (χ0n) is 15.6. The summed E-state index contributed by atoms with van der Waals surface area (Å²) in [6.07, 6.45) is 1.86. The maximum absolute atomic E-state index is 13.4. The summed E-state index contributed by atoms with van der Waals surface area (Å²) in [5, 5.41) is 3.33. The van der Waals surface area contributed by atoms with Crippen LogP contribution >= 0.6 is 0 Å². The molecule has 2 saturated carbocycles. The molecule has 2 aliphatic carbocycles. The van der Waals surface area contributed by atoms with Crippen molar-refractivity contribution < 1.29 is 9.59 Å². The van der Waals surface area contributed by atoms with E-state index in [1.54, 1.807) is 0 Å². The molecule has 3 unspecified atom stereocenters. The predicted octanol–water partition coefficient (Wildman–Crippen LogP) is 5.25. The molecular formula is C23H25NO2. The van der Waals surface area contributed by atoms with E-state index in [-0.39, 0.29) is 28.3 Å². The van der Waals surface area contributed by atoms with Crippen LogP contribution in [0.2, 0.25) is 0 Å². The SMILES string of the molecule is CC12CCC(C(C(=O)c3ccccc3Nc3ccccc3)C1=O)C2(C)C. The van der Waals surface area contributed by atoms with E-state index < -0.39 is 5.92 Å². The van der Waals surface area contributed by atoms with E-state index in [9.17, 15) is 9.59 Å². The fourth-order valence-corrected chi connectivity index (χ4v) is 5.04. The molecule has 4 rings (SSSR count). The van der Waals surface area contributed by atoms with Crippen LogP contribution in [0.1, 0.15) is 44.0 Å². The van der Waals surface area contributed by atoms with Gasteiger partial charge in [-0.3, -0.25) is 9.59 Å². The van der Waals surface area contributed by atoms with Gasteiger partial charge in [0.1, 0.15) is 5.78 Å². The maximum atomic E-state index is 13.4. The first-order valence-corrected chi connectivity index (χ1v) is 9.36. The van der Waals surface area contributed by atoms with Crippen LogP contribution in [-0.4, -0.2) is 11.6 Å². The highest BCUT2D eigenvalue weighted by Crippen LogP contribution is 2.66. The highest BCUT2D eigenvalue weighted by Gasteiger charge is 2.67. The van der Waals surface area contributed by atoms with Gasteiger partial charge in [0.05, 0.1) is 5.92 Å². The van der Waals surface area contributed by atoms with Crippen molar-refractivity contribution in [2.75, 3.05) is 5.32 Å². The lowest BCUT2D eigenvalue weighted by Gasteiger charge is -2.32. The summed E-state index contributed by atoms with van der Waals surface area (Å²) in [4.78, 5) is 26.6. The molecule has 2 fully saturated rings. The van der Waals surface area contributed by atoms with Gasteiger partial charge >= 0.3 is 0 Å². The molecule has 26 heavy (non-hydrogen) atoms. The van der Waals surface area contributed by atoms with Crippen LogP contribution in [0.4, 0.5) is 11.4 Å². The lowest BCUT2D eigenvalue weighted by atomic mass is 9.70.